The molecule has 27 heavy (non-hydrogen) atoms. The molecule has 2 N–H and O–H groups in total. The molecule has 0 aliphatic heterocycles. The first-order valence-corrected chi connectivity index (χ1v) is 9.15. The molecule has 0 saturated heterocycles. The molecule has 3 heterocycles. The third kappa shape index (κ3) is 3.22. The van der Waals surface area contributed by atoms with E-state index in [0.717, 1.165) is 22.4 Å². The molecule has 4 rings (SSSR count). The van der Waals surface area contributed by atoms with Crippen molar-refractivity contribution in [2.45, 2.75) is 19.0 Å². The molecule has 0 unspecified atom stereocenters. The fourth-order valence-electron chi connectivity index (χ4n) is 2.74. The third-order valence-corrected chi connectivity index (χ3v) is 4.81. The lowest BCUT2D eigenvalue weighted by molar-refractivity contribution is 0.420. The minimum Gasteiger partial charge on any atom is -0.510 e. The molecule has 134 valence electrons. The Hall–Kier alpha value is -3.38. The predicted molar refractivity (Wildman–Crippen MR) is 102 cm³/mol. The Kier molecular flexibility index (Phi) is 4.25. The van der Waals surface area contributed by atoms with Crippen molar-refractivity contribution in [3.63, 3.8) is 0 Å². The summed E-state index contributed by atoms with van der Waals surface area (Å²) < 4.78 is 1.65. The maximum Gasteiger partial charge on any atom is 0.253 e. The lowest BCUT2D eigenvalue weighted by Crippen LogP contribution is -1.97. The van der Waals surface area contributed by atoms with Gasteiger partial charge < -0.3 is 10.1 Å². The molecule has 0 fully saturated rings. The quantitative estimate of drug-likeness (QED) is 0.319. The van der Waals surface area contributed by atoms with E-state index in [0.29, 0.717) is 16.8 Å². The van der Waals surface area contributed by atoms with Crippen LogP contribution in [0.3, 0.4) is 0 Å². The summed E-state index contributed by atoms with van der Waals surface area (Å²) in [6.45, 7) is 3.83. The number of hydrogen-bond acceptors (Lipinski definition) is 7. The maximum atomic E-state index is 10.4. The van der Waals surface area contributed by atoms with Gasteiger partial charge in [-0.3, -0.25) is 0 Å². The van der Waals surface area contributed by atoms with Crippen LogP contribution in [0.15, 0.2) is 41.2 Å². The third-order valence-electron chi connectivity index (χ3n) is 3.96. The second-order valence-electron chi connectivity index (χ2n) is 5.97. The summed E-state index contributed by atoms with van der Waals surface area (Å²) in [6, 6.07) is 11.4. The Labute approximate surface area is 158 Å². The molecule has 0 saturated carbocycles. The zero-order valence-corrected chi connectivity index (χ0v) is 15.4. The Morgan fingerprint density at radius 3 is 2.85 bits per heavy atom. The Morgan fingerprint density at radius 1 is 1.26 bits per heavy atom. The molecular weight excluding hydrogens is 362 g/mol. The molecule has 0 bridgehead atoms. The van der Waals surface area contributed by atoms with Crippen LogP contribution < -0.4 is 0 Å². The average molecular weight is 377 g/mol. The Morgan fingerprint density at radius 2 is 2.07 bits per heavy atom. The number of imidazole rings is 1. The van der Waals surface area contributed by atoms with Gasteiger partial charge in [-0.05, 0) is 32.0 Å². The van der Waals surface area contributed by atoms with Crippen LogP contribution >= 0.6 is 11.8 Å². The number of aromatic nitrogens is 6. The van der Waals surface area contributed by atoms with Crippen LogP contribution in [0.1, 0.15) is 17.2 Å². The summed E-state index contributed by atoms with van der Waals surface area (Å²) in [6.07, 6.45) is 0. The van der Waals surface area contributed by atoms with Gasteiger partial charge >= 0.3 is 0 Å². The number of nitriles is 1. The van der Waals surface area contributed by atoms with Gasteiger partial charge in [-0.25, -0.2) is 14.5 Å². The van der Waals surface area contributed by atoms with E-state index >= 15 is 0 Å². The second-order valence-corrected chi connectivity index (χ2v) is 6.91. The summed E-state index contributed by atoms with van der Waals surface area (Å²) in [5.41, 5.74) is 3.44. The molecule has 0 amide bonds. The van der Waals surface area contributed by atoms with Gasteiger partial charge in [0.25, 0.3) is 5.78 Å². The zero-order valence-electron chi connectivity index (χ0n) is 14.6. The first kappa shape index (κ1) is 17.1. The number of H-pyrrole nitrogens is 1. The molecule has 1 aromatic carbocycles. The van der Waals surface area contributed by atoms with E-state index in [1.807, 2.05) is 50.2 Å². The zero-order chi connectivity index (χ0) is 19.0. The summed E-state index contributed by atoms with van der Waals surface area (Å²) in [4.78, 5) is 16.1. The van der Waals surface area contributed by atoms with Crippen LogP contribution in [0.5, 0.6) is 0 Å². The fourth-order valence-corrected chi connectivity index (χ4v) is 3.44. The number of hydrogen-bond donors (Lipinski definition) is 2. The Bertz CT molecular complexity index is 1200. The highest BCUT2D eigenvalue weighted by Crippen LogP contribution is 2.23. The maximum absolute atomic E-state index is 10.4. The van der Waals surface area contributed by atoms with Gasteiger partial charge in [0.1, 0.15) is 17.4 Å². The lowest BCUT2D eigenvalue weighted by Gasteiger charge is -2.00. The number of aryl methyl sites for hydroxylation is 2. The average Bonchev–Trinajstić information content (AvgIpc) is 3.24. The number of aliphatic hydroxyl groups is 1. The number of para-hydroxylation sites is 2. The van der Waals surface area contributed by atoms with Crippen LogP contribution in [0.2, 0.25) is 0 Å². The van der Waals surface area contributed by atoms with Crippen molar-refractivity contribution >= 4 is 34.1 Å². The van der Waals surface area contributed by atoms with Crippen molar-refractivity contribution in [3.05, 3.63) is 53.3 Å². The normalized spacial score (nSPS) is 12.3. The number of benzene rings is 1. The number of thioether (sulfide) groups is 1. The van der Waals surface area contributed by atoms with E-state index in [-0.39, 0.29) is 17.1 Å². The highest BCUT2D eigenvalue weighted by atomic mass is 32.2. The monoisotopic (exact) mass is 377 g/mol. The van der Waals surface area contributed by atoms with Gasteiger partial charge in [0.15, 0.2) is 5.82 Å². The summed E-state index contributed by atoms with van der Waals surface area (Å²) in [5, 5.41) is 24.8. The smallest absolute Gasteiger partial charge is 0.253 e. The van der Waals surface area contributed by atoms with E-state index in [1.54, 1.807) is 4.52 Å². The van der Waals surface area contributed by atoms with Crippen LogP contribution in [0.25, 0.3) is 22.4 Å². The van der Waals surface area contributed by atoms with E-state index in [9.17, 15) is 10.4 Å². The number of fused-ring (bicyclic) bond motifs is 2. The number of rotatable bonds is 4. The standard InChI is InChI=1S/C18H15N7OS/c1-10-7-11(2)25-17(20-10)23-18(24-25)27-9-15(26)12(8-19)16-21-13-5-3-4-6-14(13)22-16/h3-7,26H,9H2,1-2H3,(H,21,22). The highest BCUT2D eigenvalue weighted by Gasteiger charge is 2.15. The number of aromatic amines is 1. The van der Waals surface area contributed by atoms with Crippen LogP contribution in [0.4, 0.5) is 0 Å². The molecule has 0 aliphatic carbocycles. The number of nitrogens with one attached hydrogen (secondary N) is 1. The first-order valence-electron chi connectivity index (χ1n) is 8.16. The van der Waals surface area contributed by atoms with E-state index < -0.39 is 0 Å². The van der Waals surface area contributed by atoms with Gasteiger partial charge in [-0.15, -0.1) is 5.10 Å². The van der Waals surface area contributed by atoms with Crippen molar-refractivity contribution < 1.29 is 5.11 Å². The molecule has 9 heteroatoms. The summed E-state index contributed by atoms with van der Waals surface area (Å²) in [5.74, 6) is 0.917. The van der Waals surface area contributed by atoms with Gasteiger partial charge in [0.2, 0.25) is 5.16 Å². The van der Waals surface area contributed by atoms with Gasteiger partial charge in [-0.2, -0.15) is 10.2 Å². The fraction of sp³-hybridized carbons (Fsp3) is 0.167. The highest BCUT2D eigenvalue weighted by molar-refractivity contribution is 7.99. The van der Waals surface area contributed by atoms with Crippen molar-refractivity contribution in [3.8, 4) is 6.07 Å². The van der Waals surface area contributed by atoms with Gasteiger partial charge in [0.05, 0.1) is 16.8 Å². The minimum atomic E-state index is -0.0822. The van der Waals surface area contributed by atoms with Crippen molar-refractivity contribution in [2.75, 3.05) is 5.75 Å². The lowest BCUT2D eigenvalue weighted by atomic mass is 10.2. The second kappa shape index (κ2) is 6.74. The number of nitrogens with zero attached hydrogens (tertiary/aromatic N) is 6. The number of aliphatic hydroxyl groups excluding tert-OH is 1. The van der Waals surface area contributed by atoms with Gasteiger partial charge in [-0.1, -0.05) is 23.9 Å². The predicted octanol–water partition coefficient (Wildman–Crippen LogP) is 3.20. The van der Waals surface area contributed by atoms with Crippen LogP contribution in [0, 0.1) is 25.2 Å². The van der Waals surface area contributed by atoms with E-state index in [2.05, 4.69) is 25.0 Å². The molecule has 8 nitrogen and oxygen atoms in total. The van der Waals surface area contributed by atoms with E-state index in [1.165, 1.54) is 11.8 Å². The SMILES string of the molecule is Cc1cc(C)n2nc(SCC(O)=C(C#N)c3nc4ccccc4[nH]3)nc2n1. The molecular formula is C18H15N7OS. The van der Waals surface area contributed by atoms with E-state index in [4.69, 9.17) is 0 Å². The summed E-state index contributed by atoms with van der Waals surface area (Å²) >= 11 is 1.23. The van der Waals surface area contributed by atoms with Crippen molar-refractivity contribution in [1.29, 1.82) is 5.26 Å². The molecule has 0 spiro atoms. The van der Waals surface area contributed by atoms with Crippen molar-refractivity contribution in [1.82, 2.24) is 29.5 Å². The van der Waals surface area contributed by atoms with Crippen LogP contribution in [-0.4, -0.2) is 40.4 Å². The van der Waals surface area contributed by atoms with Crippen molar-refractivity contribution in [2.24, 2.45) is 0 Å². The van der Waals surface area contributed by atoms with Gasteiger partial charge in [0, 0.05) is 11.4 Å². The molecule has 0 aliphatic rings. The minimum absolute atomic E-state index is 0.0822. The summed E-state index contributed by atoms with van der Waals surface area (Å²) in [7, 11) is 0. The van der Waals surface area contributed by atoms with Crippen LogP contribution in [-0.2, 0) is 0 Å². The molecule has 3 aromatic heterocycles. The Balaban J connectivity index is 1.60. The topological polar surface area (TPSA) is 116 Å². The largest absolute Gasteiger partial charge is 0.510 e. The molecule has 0 radical (unpaired) electrons. The molecule has 0 atom stereocenters. The first-order chi connectivity index (χ1) is 13.0. The molecule has 4 aromatic rings. The number of allylic oxidation sites excluding steroid dienone is 1.